The topological polar surface area (TPSA) is 70.1 Å². The fraction of sp³-hybridized carbons (Fsp3) is 0. The van der Waals surface area contributed by atoms with Gasteiger partial charge in [-0.15, -0.1) is 12.4 Å². The van der Waals surface area contributed by atoms with Gasteiger partial charge in [0.1, 0.15) is 5.52 Å². The molecule has 0 fully saturated rings. The smallest absolute Gasteiger partial charge is 0.286 e. The summed E-state index contributed by atoms with van der Waals surface area (Å²) in [5.74, 6) is 0.0909. The van der Waals surface area contributed by atoms with Crippen molar-refractivity contribution < 1.29 is 9.53 Å². The van der Waals surface area contributed by atoms with E-state index in [4.69, 9.17) is 10.5 Å². The third kappa shape index (κ3) is 1.33. The lowest BCUT2D eigenvalue weighted by atomic mass is 10.2. The van der Waals surface area contributed by atoms with E-state index in [2.05, 4.69) is 5.10 Å². The summed E-state index contributed by atoms with van der Waals surface area (Å²) in [6.45, 7) is 0. The molecule has 1 aliphatic rings. The van der Waals surface area contributed by atoms with Crippen LogP contribution in [0.3, 0.4) is 0 Å². The van der Waals surface area contributed by atoms with Gasteiger partial charge in [0.05, 0.1) is 12.4 Å². The van der Waals surface area contributed by atoms with Crippen LogP contribution in [0.4, 0.5) is 0 Å². The van der Waals surface area contributed by atoms with E-state index < -0.39 is 5.91 Å². The summed E-state index contributed by atoms with van der Waals surface area (Å²) in [5.41, 5.74) is 6.00. The number of amides is 1. The van der Waals surface area contributed by atoms with Crippen molar-refractivity contribution in [3.63, 3.8) is 0 Å². The minimum absolute atomic E-state index is 0. The van der Waals surface area contributed by atoms with Gasteiger partial charge in [0.15, 0.2) is 5.75 Å². The number of halogens is 1. The number of primary amides is 1. The number of carbonyl (C=O) groups excluding carboxylic acids is 1. The molecule has 5 nitrogen and oxygen atoms in total. The van der Waals surface area contributed by atoms with Gasteiger partial charge in [0, 0.05) is 5.39 Å². The Kier molecular flexibility index (Phi) is 2.32. The number of carbonyl (C=O) groups is 1. The van der Waals surface area contributed by atoms with Gasteiger partial charge in [0.25, 0.3) is 5.91 Å². The number of para-hydroxylation sites is 1. The normalized spacial score (nSPS) is 12.6. The Morgan fingerprint density at radius 3 is 3.00 bits per heavy atom. The number of ether oxygens (including phenoxy) is 1. The van der Waals surface area contributed by atoms with Crippen molar-refractivity contribution in [1.82, 2.24) is 9.78 Å². The molecule has 1 aliphatic heterocycles. The summed E-state index contributed by atoms with van der Waals surface area (Å²) in [4.78, 5) is 11.0. The van der Waals surface area contributed by atoms with Gasteiger partial charge in [-0.3, -0.25) is 4.79 Å². The maximum atomic E-state index is 11.0. The fourth-order valence-corrected chi connectivity index (χ4v) is 1.62. The van der Waals surface area contributed by atoms with Crippen molar-refractivity contribution >= 4 is 35.4 Å². The number of hydrogen-bond donors (Lipinski definition) is 1. The van der Waals surface area contributed by atoms with Gasteiger partial charge in [-0.05, 0) is 6.07 Å². The van der Waals surface area contributed by atoms with Crippen LogP contribution in [-0.2, 0) is 4.79 Å². The molecule has 2 N–H and O–H groups in total. The Balaban J connectivity index is 0.000000963. The zero-order chi connectivity index (χ0) is 10.4. The number of aromatic nitrogens is 2. The van der Waals surface area contributed by atoms with Crippen LogP contribution in [-0.4, -0.2) is 15.7 Å². The second kappa shape index (κ2) is 3.53. The Labute approximate surface area is 96.9 Å². The van der Waals surface area contributed by atoms with E-state index in [1.54, 1.807) is 16.9 Å². The summed E-state index contributed by atoms with van der Waals surface area (Å²) in [6, 6.07) is 5.54. The molecule has 0 aliphatic carbocycles. The molecule has 1 aromatic carbocycles. The highest BCUT2D eigenvalue weighted by molar-refractivity contribution is 5.97. The molecule has 82 valence electrons. The highest BCUT2D eigenvalue weighted by Crippen LogP contribution is 2.30. The molecule has 0 saturated carbocycles. The number of rotatable bonds is 1. The monoisotopic (exact) mass is 237 g/mol. The van der Waals surface area contributed by atoms with Gasteiger partial charge in [-0.2, -0.15) is 5.10 Å². The molecule has 0 radical (unpaired) electrons. The maximum absolute atomic E-state index is 11.0. The minimum atomic E-state index is -0.604. The molecule has 1 aromatic heterocycles. The van der Waals surface area contributed by atoms with Crippen LogP contribution in [0.15, 0.2) is 30.2 Å². The third-order valence-corrected chi connectivity index (χ3v) is 2.28. The fourth-order valence-electron chi connectivity index (χ4n) is 1.62. The van der Waals surface area contributed by atoms with Crippen LogP contribution in [0.25, 0.3) is 17.1 Å². The predicted octanol–water partition coefficient (Wildman–Crippen LogP) is 1.13. The maximum Gasteiger partial charge on any atom is 0.286 e. The van der Waals surface area contributed by atoms with Crippen molar-refractivity contribution in [3.8, 4) is 5.75 Å². The van der Waals surface area contributed by atoms with Gasteiger partial charge in [-0.25, -0.2) is 4.68 Å². The molecule has 0 unspecified atom stereocenters. The average Bonchev–Trinajstić information content (AvgIpc) is 2.64. The van der Waals surface area contributed by atoms with Gasteiger partial charge in [0.2, 0.25) is 5.76 Å². The lowest BCUT2D eigenvalue weighted by molar-refractivity contribution is -0.116. The van der Waals surface area contributed by atoms with Crippen molar-refractivity contribution in [1.29, 1.82) is 0 Å². The molecule has 3 rings (SSSR count). The van der Waals surface area contributed by atoms with Crippen molar-refractivity contribution in [2.75, 3.05) is 0 Å². The molecule has 0 saturated heterocycles. The van der Waals surface area contributed by atoms with Crippen LogP contribution < -0.4 is 10.5 Å². The number of nitrogens with zero attached hydrogens (tertiary/aromatic N) is 2. The first-order chi connectivity index (χ1) is 7.25. The summed E-state index contributed by atoms with van der Waals surface area (Å²) in [6.07, 6.45) is 3.19. The average molecular weight is 238 g/mol. The van der Waals surface area contributed by atoms with E-state index in [9.17, 15) is 4.79 Å². The number of hydrogen-bond acceptors (Lipinski definition) is 3. The van der Waals surface area contributed by atoms with Crippen LogP contribution in [0, 0.1) is 0 Å². The summed E-state index contributed by atoms with van der Waals surface area (Å²) in [5, 5.41) is 5.08. The van der Waals surface area contributed by atoms with Gasteiger partial charge >= 0.3 is 0 Å². The Morgan fingerprint density at radius 2 is 2.25 bits per heavy atom. The molecule has 0 bridgehead atoms. The lowest BCUT2D eigenvalue weighted by Crippen LogP contribution is -2.21. The molecule has 0 atom stereocenters. The summed E-state index contributed by atoms with van der Waals surface area (Å²) in [7, 11) is 0. The first-order valence-electron chi connectivity index (χ1n) is 4.41. The van der Waals surface area contributed by atoms with Crippen molar-refractivity contribution in [2.45, 2.75) is 0 Å². The standard InChI is InChI=1S/C10H7N3O2.ClH/c11-10(14)8-5-13-9-6(4-12-13)2-1-3-7(9)15-8;/h1-5H,(H2,11,14);1H. The molecule has 0 spiro atoms. The molecule has 16 heavy (non-hydrogen) atoms. The summed E-state index contributed by atoms with van der Waals surface area (Å²) < 4.78 is 6.94. The second-order valence-corrected chi connectivity index (χ2v) is 3.24. The molecular weight excluding hydrogens is 230 g/mol. The first kappa shape index (κ1) is 10.5. The molecule has 1 amide bonds. The van der Waals surface area contributed by atoms with Gasteiger partial charge in [-0.1, -0.05) is 12.1 Å². The van der Waals surface area contributed by atoms with Crippen LogP contribution in [0.5, 0.6) is 5.75 Å². The minimum Gasteiger partial charge on any atom is -0.448 e. The van der Waals surface area contributed by atoms with E-state index >= 15 is 0 Å². The molecule has 6 heteroatoms. The quantitative estimate of drug-likeness (QED) is 0.808. The van der Waals surface area contributed by atoms with E-state index in [1.807, 2.05) is 12.1 Å². The van der Waals surface area contributed by atoms with Crippen molar-refractivity contribution in [2.24, 2.45) is 5.73 Å². The van der Waals surface area contributed by atoms with E-state index in [0.29, 0.717) is 5.75 Å². The summed E-state index contributed by atoms with van der Waals surface area (Å²) >= 11 is 0. The zero-order valence-corrected chi connectivity index (χ0v) is 8.90. The first-order valence-corrected chi connectivity index (χ1v) is 4.41. The Hall–Kier alpha value is -2.01. The highest BCUT2D eigenvalue weighted by atomic mass is 35.5. The molecule has 2 heterocycles. The lowest BCUT2D eigenvalue weighted by Gasteiger charge is -2.13. The highest BCUT2D eigenvalue weighted by Gasteiger charge is 2.18. The Morgan fingerprint density at radius 1 is 1.44 bits per heavy atom. The second-order valence-electron chi connectivity index (χ2n) is 3.24. The largest absolute Gasteiger partial charge is 0.448 e. The van der Waals surface area contributed by atoms with E-state index in [-0.39, 0.29) is 18.2 Å². The number of benzene rings is 1. The van der Waals surface area contributed by atoms with E-state index in [0.717, 1.165) is 10.9 Å². The van der Waals surface area contributed by atoms with Gasteiger partial charge < -0.3 is 10.5 Å². The Bertz CT molecular complexity index is 603. The predicted molar refractivity (Wildman–Crippen MR) is 61.1 cm³/mol. The molecular formula is C10H8ClN3O2. The SMILES string of the molecule is Cl.NC(=O)C1=Cn2ncc3cccc(c32)O1. The third-order valence-electron chi connectivity index (χ3n) is 2.28. The van der Waals surface area contributed by atoms with Crippen LogP contribution in [0.2, 0.25) is 0 Å². The zero-order valence-electron chi connectivity index (χ0n) is 8.08. The number of nitrogens with two attached hydrogens (primary N) is 1. The van der Waals surface area contributed by atoms with E-state index in [1.165, 1.54) is 6.20 Å². The van der Waals surface area contributed by atoms with Crippen LogP contribution in [0.1, 0.15) is 0 Å². The van der Waals surface area contributed by atoms with Crippen molar-refractivity contribution in [3.05, 3.63) is 30.2 Å². The molecule has 2 aromatic rings. The van der Waals surface area contributed by atoms with Crippen LogP contribution >= 0.6 is 12.4 Å².